The van der Waals surface area contributed by atoms with Gasteiger partial charge in [0.05, 0.1) is 42.0 Å². The molecule has 3 aliphatic rings. The van der Waals surface area contributed by atoms with Gasteiger partial charge in [-0.05, 0) is 55.2 Å². The van der Waals surface area contributed by atoms with Gasteiger partial charge in [-0.2, -0.15) is 0 Å². The zero-order valence-electron chi connectivity index (χ0n) is 19.2. The number of benzene rings is 2. The second-order valence-electron chi connectivity index (χ2n) is 8.95. The smallest absolute Gasteiger partial charge is 0.296 e. The Morgan fingerprint density at radius 1 is 1.06 bits per heavy atom. The maximum atomic E-state index is 13.9. The summed E-state index contributed by atoms with van der Waals surface area (Å²) in [5, 5.41) is 0.379. The maximum absolute atomic E-state index is 13.9. The van der Waals surface area contributed by atoms with Crippen molar-refractivity contribution in [1.29, 1.82) is 0 Å². The summed E-state index contributed by atoms with van der Waals surface area (Å²) < 4.78 is 31.6. The number of anilines is 1. The van der Waals surface area contributed by atoms with Crippen LogP contribution in [0.5, 0.6) is 11.5 Å². The van der Waals surface area contributed by atoms with Crippen LogP contribution in [-0.4, -0.2) is 37.0 Å². The van der Waals surface area contributed by atoms with Gasteiger partial charge in [-0.15, -0.1) is 0 Å². The van der Waals surface area contributed by atoms with Crippen molar-refractivity contribution in [1.82, 2.24) is 4.98 Å². The summed E-state index contributed by atoms with van der Waals surface area (Å²) in [5.74, 6) is 0.0333. The molecule has 0 saturated heterocycles. The van der Waals surface area contributed by atoms with Gasteiger partial charge in [0.15, 0.2) is 28.2 Å². The molecule has 0 spiro atoms. The quantitative estimate of drug-likeness (QED) is 0.511. The van der Waals surface area contributed by atoms with Crippen molar-refractivity contribution < 1.29 is 28.2 Å². The Kier molecular flexibility index (Phi) is 5.25. The Labute approximate surface area is 205 Å². The first-order valence-corrected chi connectivity index (χ1v) is 12.4. The van der Waals surface area contributed by atoms with Crippen molar-refractivity contribution in [3.63, 3.8) is 0 Å². The lowest BCUT2D eigenvalue weighted by molar-refractivity contribution is -0.131. The minimum Gasteiger partial charge on any atom is -0.493 e. The molecule has 3 unspecified atom stereocenters. The van der Waals surface area contributed by atoms with Crippen LogP contribution in [0.3, 0.4) is 0 Å². The number of ketones is 1. The molecule has 1 fully saturated rings. The van der Waals surface area contributed by atoms with Gasteiger partial charge in [0.2, 0.25) is 0 Å². The molecule has 9 heteroatoms. The largest absolute Gasteiger partial charge is 0.493 e. The molecule has 3 aromatic rings. The van der Waals surface area contributed by atoms with Crippen LogP contribution >= 0.6 is 11.3 Å². The third-order valence-electron chi connectivity index (χ3n) is 7.03. The van der Waals surface area contributed by atoms with Gasteiger partial charge in [-0.1, -0.05) is 23.8 Å². The Hall–Kier alpha value is -3.46. The van der Waals surface area contributed by atoms with Crippen LogP contribution in [0.2, 0.25) is 0 Å². The normalized spacial score (nSPS) is 23.9. The molecule has 2 aromatic carbocycles. The lowest BCUT2D eigenvalue weighted by atomic mass is 9.77. The average molecular weight is 495 g/mol. The van der Waals surface area contributed by atoms with Gasteiger partial charge in [-0.3, -0.25) is 14.5 Å². The van der Waals surface area contributed by atoms with Crippen LogP contribution in [0.25, 0.3) is 10.2 Å². The van der Waals surface area contributed by atoms with Crippen LogP contribution in [0, 0.1) is 11.7 Å². The van der Waals surface area contributed by atoms with E-state index in [0.717, 1.165) is 25.7 Å². The monoisotopic (exact) mass is 494 g/mol. The average Bonchev–Trinajstić information content (AvgIpc) is 3.42. The number of hydrogen-bond donors (Lipinski definition) is 0. The number of methoxy groups -OCH3 is 2. The molecule has 180 valence electrons. The lowest BCUT2D eigenvalue weighted by Crippen LogP contribution is -2.39. The molecule has 7 nitrogen and oxygen atoms in total. The molecule has 0 bridgehead atoms. The summed E-state index contributed by atoms with van der Waals surface area (Å²) in [4.78, 5) is 33.7. The van der Waals surface area contributed by atoms with E-state index in [1.54, 1.807) is 25.3 Å². The van der Waals surface area contributed by atoms with Crippen molar-refractivity contribution >= 4 is 38.4 Å². The molecular formula is C26H23FN2O5S. The molecular weight excluding hydrogens is 471 g/mol. The molecule has 6 rings (SSSR count). The fourth-order valence-corrected chi connectivity index (χ4v) is 6.39. The maximum Gasteiger partial charge on any atom is 0.296 e. The van der Waals surface area contributed by atoms with E-state index in [2.05, 4.69) is 4.98 Å². The summed E-state index contributed by atoms with van der Waals surface area (Å²) in [6.45, 7) is 0. The second-order valence-corrected chi connectivity index (χ2v) is 9.96. The summed E-state index contributed by atoms with van der Waals surface area (Å²) in [5.41, 5.74) is 1.62. The highest BCUT2D eigenvalue weighted by molar-refractivity contribution is 7.22. The van der Waals surface area contributed by atoms with E-state index in [1.165, 1.54) is 35.5 Å². The Balaban J connectivity index is 1.53. The zero-order chi connectivity index (χ0) is 24.3. The Morgan fingerprint density at radius 2 is 1.86 bits per heavy atom. The first-order chi connectivity index (χ1) is 17.0. The zero-order valence-corrected chi connectivity index (χ0v) is 20.1. The Bertz CT molecular complexity index is 1400. The fourth-order valence-electron chi connectivity index (χ4n) is 5.37. The van der Waals surface area contributed by atoms with Crippen molar-refractivity contribution in [2.75, 3.05) is 19.1 Å². The molecule has 2 aliphatic heterocycles. The van der Waals surface area contributed by atoms with E-state index in [9.17, 15) is 14.0 Å². The highest BCUT2D eigenvalue weighted by Crippen LogP contribution is 2.50. The minimum atomic E-state index is -0.738. The van der Waals surface area contributed by atoms with E-state index in [-0.39, 0.29) is 29.4 Å². The number of thiazole rings is 1. The number of halogens is 1. The number of fused-ring (bicyclic) bond motifs is 2. The number of carbonyl (C=O) groups excluding carboxylic acids is 2. The van der Waals surface area contributed by atoms with E-state index >= 15 is 0 Å². The minimum absolute atomic E-state index is 0.0428. The van der Waals surface area contributed by atoms with E-state index < -0.39 is 11.9 Å². The van der Waals surface area contributed by atoms with Crippen molar-refractivity contribution in [2.45, 2.75) is 37.8 Å². The molecule has 3 atom stereocenters. The number of nitrogens with zero attached hydrogens (tertiary/aromatic N) is 2. The third-order valence-corrected chi connectivity index (χ3v) is 8.05. The number of aromatic nitrogens is 1. The molecule has 0 N–H and O–H groups in total. The summed E-state index contributed by atoms with van der Waals surface area (Å²) in [7, 11) is 3.08. The van der Waals surface area contributed by atoms with Gasteiger partial charge < -0.3 is 14.2 Å². The number of carbonyl (C=O) groups is 2. The van der Waals surface area contributed by atoms with E-state index in [0.29, 0.717) is 38.0 Å². The summed E-state index contributed by atoms with van der Waals surface area (Å²) in [6, 6.07) is 8.91. The highest BCUT2D eigenvalue weighted by atomic mass is 32.1. The number of ether oxygens (including phenoxy) is 3. The predicted molar refractivity (Wildman–Crippen MR) is 128 cm³/mol. The standard InChI is InChI=1S/C26H23FN2O5S/c1-32-18-10-7-13(11-19(18)33-2)22-21-23(30)15-5-3-4-6-17(15)34-24(21)25(31)29(22)26-28-16-9-8-14(27)12-20(16)35-26/h7-12,15,17,22H,3-6H2,1-2H3. The SMILES string of the molecule is COc1ccc(C2C3=C(OC4CCCCC4C3=O)C(=O)N2c2nc3ccc(F)cc3s2)cc1OC. The first-order valence-electron chi connectivity index (χ1n) is 11.6. The molecule has 1 amide bonds. The van der Waals surface area contributed by atoms with Crippen molar-refractivity contribution in [3.05, 3.63) is 59.1 Å². The summed E-state index contributed by atoms with van der Waals surface area (Å²) >= 11 is 1.21. The van der Waals surface area contributed by atoms with Crippen molar-refractivity contribution in [2.24, 2.45) is 5.92 Å². The second kappa shape index (κ2) is 8.34. The first kappa shape index (κ1) is 22.0. The predicted octanol–water partition coefficient (Wildman–Crippen LogP) is 4.95. The van der Waals surface area contributed by atoms with Gasteiger partial charge in [0.25, 0.3) is 5.91 Å². The molecule has 1 aromatic heterocycles. The van der Waals surface area contributed by atoms with Crippen LogP contribution in [0.4, 0.5) is 9.52 Å². The molecule has 35 heavy (non-hydrogen) atoms. The topological polar surface area (TPSA) is 78.0 Å². The van der Waals surface area contributed by atoms with Gasteiger partial charge >= 0.3 is 0 Å². The molecule has 3 heterocycles. The van der Waals surface area contributed by atoms with Crippen LogP contribution < -0.4 is 14.4 Å². The van der Waals surface area contributed by atoms with Crippen molar-refractivity contribution in [3.8, 4) is 11.5 Å². The third kappa shape index (κ3) is 3.40. The molecule has 1 aliphatic carbocycles. The lowest BCUT2D eigenvalue weighted by Gasteiger charge is -2.35. The fraction of sp³-hybridized carbons (Fsp3) is 0.346. The Morgan fingerprint density at radius 3 is 2.66 bits per heavy atom. The van der Waals surface area contributed by atoms with Gasteiger partial charge in [0.1, 0.15) is 11.9 Å². The van der Waals surface area contributed by atoms with E-state index in [1.807, 2.05) is 6.07 Å². The highest BCUT2D eigenvalue weighted by Gasteiger charge is 2.53. The van der Waals surface area contributed by atoms with Crippen LogP contribution in [-0.2, 0) is 14.3 Å². The van der Waals surface area contributed by atoms with E-state index in [4.69, 9.17) is 14.2 Å². The number of Topliss-reactive ketones (excluding diaryl/α,β-unsaturated/α-hetero) is 1. The number of hydrogen-bond acceptors (Lipinski definition) is 7. The number of rotatable bonds is 4. The van der Waals surface area contributed by atoms with Gasteiger partial charge in [-0.25, -0.2) is 9.37 Å². The van der Waals surface area contributed by atoms with Gasteiger partial charge in [0, 0.05) is 0 Å². The summed E-state index contributed by atoms with van der Waals surface area (Å²) in [6.07, 6.45) is 3.14. The molecule has 0 radical (unpaired) electrons. The molecule has 1 saturated carbocycles. The van der Waals surface area contributed by atoms with Crippen LogP contribution in [0.15, 0.2) is 47.7 Å². The number of amides is 1. The van der Waals surface area contributed by atoms with Crippen LogP contribution in [0.1, 0.15) is 37.3 Å².